The molecule has 0 spiro atoms. The van der Waals surface area contributed by atoms with Gasteiger partial charge >= 0.3 is 5.69 Å². The number of amides is 1. The molecule has 1 aromatic heterocycles. The highest BCUT2D eigenvalue weighted by Crippen LogP contribution is 2.20. The highest BCUT2D eigenvalue weighted by molar-refractivity contribution is 5.97. The first kappa shape index (κ1) is 13.9. The van der Waals surface area contributed by atoms with Crippen molar-refractivity contribution in [3.63, 3.8) is 0 Å². The predicted molar refractivity (Wildman–Crippen MR) is 79.5 cm³/mol. The summed E-state index contributed by atoms with van der Waals surface area (Å²) in [6.45, 7) is 3.54. The van der Waals surface area contributed by atoms with Crippen LogP contribution in [0, 0.1) is 0 Å². The Morgan fingerprint density at radius 2 is 2.29 bits per heavy atom. The van der Waals surface area contributed by atoms with Gasteiger partial charge < -0.3 is 15.0 Å². The van der Waals surface area contributed by atoms with Crippen LogP contribution < -0.4 is 11.0 Å². The number of H-pyrrole nitrogens is 1. The van der Waals surface area contributed by atoms with Crippen molar-refractivity contribution < 1.29 is 9.53 Å². The minimum atomic E-state index is -0.176. The highest BCUT2D eigenvalue weighted by Gasteiger charge is 2.24. The molecular weight excluding hydrogens is 270 g/mol. The maximum absolute atomic E-state index is 12.0. The van der Waals surface area contributed by atoms with E-state index in [4.69, 9.17) is 4.74 Å². The summed E-state index contributed by atoms with van der Waals surface area (Å²) in [5.41, 5.74) is 1.87. The lowest BCUT2D eigenvalue weighted by atomic mass is 10.2. The van der Waals surface area contributed by atoms with Crippen molar-refractivity contribution in [1.82, 2.24) is 14.9 Å². The van der Waals surface area contributed by atoms with E-state index in [9.17, 15) is 9.59 Å². The summed E-state index contributed by atoms with van der Waals surface area (Å²) in [6, 6.07) is 5.61. The molecule has 3 rings (SSSR count). The molecule has 0 aliphatic heterocycles. The van der Waals surface area contributed by atoms with Crippen LogP contribution in [-0.4, -0.2) is 34.7 Å². The van der Waals surface area contributed by atoms with Crippen LogP contribution in [0.1, 0.15) is 30.1 Å². The van der Waals surface area contributed by atoms with Gasteiger partial charge in [0, 0.05) is 18.2 Å². The molecule has 6 heteroatoms. The second-order valence-electron chi connectivity index (χ2n) is 5.26. The summed E-state index contributed by atoms with van der Waals surface area (Å²) in [7, 11) is 0. The van der Waals surface area contributed by atoms with E-state index in [1.807, 2.05) is 6.92 Å². The van der Waals surface area contributed by atoms with E-state index in [1.165, 1.54) is 0 Å². The number of rotatable bonds is 6. The van der Waals surface area contributed by atoms with E-state index < -0.39 is 0 Å². The Morgan fingerprint density at radius 1 is 1.48 bits per heavy atom. The number of nitrogens with one attached hydrogen (secondary N) is 2. The first-order valence-corrected chi connectivity index (χ1v) is 7.30. The number of fused-ring (bicyclic) bond motifs is 1. The monoisotopic (exact) mass is 289 g/mol. The van der Waals surface area contributed by atoms with Crippen molar-refractivity contribution in [3.05, 3.63) is 34.2 Å². The van der Waals surface area contributed by atoms with Gasteiger partial charge in [-0.2, -0.15) is 0 Å². The fourth-order valence-corrected chi connectivity index (χ4v) is 2.32. The smallest absolute Gasteiger partial charge is 0.326 e. The van der Waals surface area contributed by atoms with Gasteiger partial charge in [-0.3, -0.25) is 9.36 Å². The number of hydrogen-bond donors (Lipinski definition) is 2. The van der Waals surface area contributed by atoms with Crippen LogP contribution in [0.4, 0.5) is 0 Å². The van der Waals surface area contributed by atoms with Gasteiger partial charge in [-0.25, -0.2) is 4.79 Å². The van der Waals surface area contributed by atoms with Crippen LogP contribution in [-0.2, 0) is 11.3 Å². The minimum Gasteiger partial charge on any atom is -0.380 e. The molecule has 0 radical (unpaired) electrons. The molecule has 1 saturated carbocycles. The van der Waals surface area contributed by atoms with E-state index in [0.29, 0.717) is 36.9 Å². The van der Waals surface area contributed by atoms with Gasteiger partial charge in [0.15, 0.2) is 0 Å². The standard InChI is InChI=1S/C15H19N3O3/c1-2-21-8-7-18-13-6-3-10(9-12(13)17-15(18)20)14(19)16-11-4-5-11/h3,6,9,11H,2,4-5,7-8H2,1H3,(H,16,19)(H,17,20). The minimum absolute atomic E-state index is 0.0812. The molecule has 1 heterocycles. The number of carbonyl (C=O) groups excluding carboxylic acids is 1. The van der Waals surface area contributed by atoms with Crippen LogP contribution in [0.3, 0.4) is 0 Å². The molecule has 112 valence electrons. The third kappa shape index (κ3) is 3.00. The number of hydrogen-bond acceptors (Lipinski definition) is 3. The Labute approximate surface area is 122 Å². The van der Waals surface area contributed by atoms with Gasteiger partial charge in [0.1, 0.15) is 0 Å². The topological polar surface area (TPSA) is 76.1 Å². The van der Waals surface area contributed by atoms with E-state index >= 15 is 0 Å². The fraction of sp³-hybridized carbons (Fsp3) is 0.467. The predicted octanol–water partition coefficient (Wildman–Crippen LogP) is 1.26. The zero-order valence-corrected chi connectivity index (χ0v) is 12.0. The number of nitrogens with zero attached hydrogens (tertiary/aromatic N) is 1. The first-order chi connectivity index (χ1) is 10.2. The summed E-state index contributed by atoms with van der Waals surface area (Å²) in [5.74, 6) is -0.0812. The van der Waals surface area contributed by atoms with Gasteiger partial charge in [-0.15, -0.1) is 0 Å². The molecular formula is C15H19N3O3. The number of ether oxygens (including phenoxy) is 1. The average molecular weight is 289 g/mol. The maximum atomic E-state index is 12.0. The van der Waals surface area contributed by atoms with Crippen molar-refractivity contribution >= 4 is 16.9 Å². The van der Waals surface area contributed by atoms with Crippen molar-refractivity contribution in [2.45, 2.75) is 32.4 Å². The SMILES string of the molecule is CCOCCn1c(=O)[nH]c2cc(C(=O)NC3CC3)ccc21. The first-order valence-electron chi connectivity index (χ1n) is 7.30. The summed E-state index contributed by atoms with van der Waals surface area (Å²) in [6.07, 6.45) is 2.11. The highest BCUT2D eigenvalue weighted by atomic mass is 16.5. The Balaban J connectivity index is 1.84. The third-order valence-corrected chi connectivity index (χ3v) is 3.61. The molecule has 1 amide bonds. The Hall–Kier alpha value is -2.08. The van der Waals surface area contributed by atoms with Gasteiger partial charge in [0.25, 0.3) is 5.91 Å². The largest absolute Gasteiger partial charge is 0.380 e. The van der Waals surface area contributed by atoms with Gasteiger partial charge in [0.2, 0.25) is 0 Å². The molecule has 1 aliphatic rings. The molecule has 2 aromatic rings. The molecule has 6 nitrogen and oxygen atoms in total. The molecule has 0 bridgehead atoms. The molecule has 1 aromatic carbocycles. The molecule has 2 N–H and O–H groups in total. The summed E-state index contributed by atoms with van der Waals surface area (Å²) >= 11 is 0. The number of benzene rings is 1. The van der Waals surface area contributed by atoms with Gasteiger partial charge in [0.05, 0.1) is 24.2 Å². The number of aromatic amines is 1. The second kappa shape index (κ2) is 5.73. The van der Waals surface area contributed by atoms with E-state index in [1.54, 1.807) is 22.8 Å². The molecule has 0 unspecified atom stereocenters. The van der Waals surface area contributed by atoms with E-state index in [0.717, 1.165) is 18.4 Å². The quantitative estimate of drug-likeness (QED) is 0.786. The van der Waals surface area contributed by atoms with Crippen LogP contribution in [0.25, 0.3) is 11.0 Å². The van der Waals surface area contributed by atoms with Gasteiger partial charge in [-0.05, 0) is 38.0 Å². The maximum Gasteiger partial charge on any atom is 0.326 e. The van der Waals surface area contributed by atoms with Crippen molar-refractivity contribution in [2.24, 2.45) is 0 Å². The summed E-state index contributed by atoms with van der Waals surface area (Å²) in [5, 5.41) is 2.94. The zero-order chi connectivity index (χ0) is 14.8. The van der Waals surface area contributed by atoms with Crippen molar-refractivity contribution in [1.29, 1.82) is 0 Å². The fourth-order valence-electron chi connectivity index (χ4n) is 2.32. The molecule has 0 saturated heterocycles. The van der Waals surface area contributed by atoms with Gasteiger partial charge in [-0.1, -0.05) is 0 Å². The Bertz CT molecular complexity index is 713. The zero-order valence-electron chi connectivity index (χ0n) is 12.0. The van der Waals surface area contributed by atoms with E-state index in [-0.39, 0.29) is 11.6 Å². The Kier molecular flexibility index (Phi) is 3.79. The van der Waals surface area contributed by atoms with Crippen molar-refractivity contribution in [3.8, 4) is 0 Å². The van der Waals surface area contributed by atoms with Crippen LogP contribution in [0.15, 0.2) is 23.0 Å². The van der Waals surface area contributed by atoms with Crippen LogP contribution in [0.5, 0.6) is 0 Å². The molecule has 1 aliphatic carbocycles. The molecule has 0 atom stereocenters. The second-order valence-corrected chi connectivity index (χ2v) is 5.26. The number of aromatic nitrogens is 2. The lowest BCUT2D eigenvalue weighted by Gasteiger charge is -2.05. The van der Waals surface area contributed by atoms with Crippen LogP contribution >= 0.6 is 0 Å². The lowest BCUT2D eigenvalue weighted by Crippen LogP contribution is -2.25. The number of carbonyl (C=O) groups is 1. The molecule has 1 fully saturated rings. The summed E-state index contributed by atoms with van der Waals surface area (Å²) in [4.78, 5) is 26.8. The van der Waals surface area contributed by atoms with E-state index in [2.05, 4.69) is 10.3 Å². The van der Waals surface area contributed by atoms with Crippen LogP contribution in [0.2, 0.25) is 0 Å². The van der Waals surface area contributed by atoms with Crippen molar-refractivity contribution in [2.75, 3.05) is 13.2 Å². The average Bonchev–Trinajstić information content (AvgIpc) is 3.22. The third-order valence-electron chi connectivity index (χ3n) is 3.61. The number of imidazole rings is 1. The molecule has 21 heavy (non-hydrogen) atoms. The lowest BCUT2D eigenvalue weighted by molar-refractivity contribution is 0.0951. The Morgan fingerprint density at radius 3 is 3.00 bits per heavy atom. The summed E-state index contributed by atoms with van der Waals surface area (Å²) < 4.78 is 6.92. The normalized spacial score (nSPS) is 14.5.